The molecular formula is C16H21N3. The molecular weight excluding hydrogens is 234 g/mol. The second kappa shape index (κ2) is 6.02. The zero-order chi connectivity index (χ0) is 12.9. The number of aromatic nitrogens is 2. The molecule has 0 aliphatic heterocycles. The monoisotopic (exact) mass is 255 g/mol. The number of nitrogens with zero attached hydrogens (tertiary/aromatic N) is 2. The van der Waals surface area contributed by atoms with E-state index in [-0.39, 0.29) is 0 Å². The van der Waals surface area contributed by atoms with Gasteiger partial charge in [0.05, 0.1) is 0 Å². The maximum atomic E-state index is 4.19. The predicted octanol–water partition coefficient (Wildman–Crippen LogP) is 2.94. The molecule has 1 N–H and O–H groups in total. The lowest BCUT2D eigenvalue weighted by Gasteiger charge is -2.06. The second-order valence-electron chi connectivity index (χ2n) is 5.32. The van der Waals surface area contributed by atoms with Gasteiger partial charge in [-0.1, -0.05) is 24.3 Å². The number of rotatable bonds is 7. The first kappa shape index (κ1) is 12.4. The fraction of sp³-hybridized carbons (Fsp3) is 0.438. The van der Waals surface area contributed by atoms with Crippen LogP contribution in [0, 0.1) is 0 Å². The van der Waals surface area contributed by atoms with Crippen LogP contribution in [0.3, 0.4) is 0 Å². The minimum Gasteiger partial charge on any atom is -0.313 e. The predicted molar refractivity (Wildman–Crippen MR) is 77.0 cm³/mol. The van der Waals surface area contributed by atoms with E-state index in [1.54, 1.807) is 0 Å². The Bertz CT molecular complexity index is 483. The molecule has 1 aromatic carbocycles. The standard InChI is InChI=1S/C16H21N3/c1(11-19-12-2-10-18-19)9-17-13-14-3-5-15(6-4-14)16-7-8-16/h2-6,10,12,16-17H,1,7-9,11,13H2. The van der Waals surface area contributed by atoms with Crippen LogP contribution >= 0.6 is 0 Å². The van der Waals surface area contributed by atoms with Crippen molar-refractivity contribution in [3.05, 3.63) is 53.9 Å². The van der Waals surface area contributed by atoms with Crippen LogP contribution in [-0.2, 0) is 13.1 Å². The van der Waals surface area contributed by atoms with Crippen LogP contribution in [0.25, 0.3) is 0 Å². The molecule has 1 heterocycles. The summed E-state index contributed by atoms with van der Waals surface area (Å²) in [5.41, 5.74) is 2.89. The summed E-state index contributed by atoms with van der Waals surface area (Å²) in [5.74, 6) is 0.857. The molecule has 2 aromatic rings. The first-order chi connectivity index (χ1) is 9.42. The second-order valence-corrected chi connectivity index (χ2v) is 5.32. The average Bonchev–Trinajstić information content (AvgIpc) is 3.17. The van der Waals surface area contributed by atoms with Crippen LogP contribution in [0.1, 0.15) is 36.3 Å². The van der Waals surface area contributed by atoms with Crippen molar-refractivity contribution >= 4 is 0 Å². The smallest absolute Gasteiger partial charge is 0.0489 e. The van der Waals surface area contributed by atoms with E-state index in [1.165, 1.54) is 24.0 Å². The summed E-state index contributed by atoms with van der Waals surface area (Å²) in [6, 6.07) is 11.1. The van der Waals surface area contributed by atoms with Gasteiger partial charge in [0.25, 0.3) is 0 Å². The van der Waals surface area contributed by atoms with E-state index in [1.807, 2.05) is 23.1 Å². The summed E-state index contributed by atoms with van der Waals surface area (Å²) in [6.45, 7) is 2.98. The van der Waals surface area contributed by atoms with Crippen molar-refractivity contribution in [2.45, 2.75) is 38.3 Å². The largest absolute Gasteiger partial charge is 0.313 e. The molecule has 3 nitrogen and oxygen atoms in total. The van der Waals surface area contributed by atoms with Crippen LogP contribution in [0.15, 0.2) is 42.7 Å². The molecule has 1 aromatic heterocycles. The highest BCUT2D eigenvalue weighted by Gasteiger charge is 2.22. The summed E-state index contributed by atoms with van der Waals surface area (Å²) in [4.78, 5) is 0. The van der Waals surface area contributed by atoms with Crippen LogP contribution in [0.4, 0.5) is 0 Å². The third kappa shape index (κ3) is 3.67. The highest BCUT2D eigenvalue weighted by Crippen LogP contribution is 2.39. The zero-order valence-corrected chi connectivity index (χ0v) is 11.3. The number of hydrogen-bond acceptors (Lipinski definition) is 2. The Kier molecular flexibility index (Phi) is 3.94. The van der Waals surface area contributed by atoms with Gasteiger partial charge >= 0.3 is 0 Å². The van der Waals surface area contributed by atoms with Crippen molar-refractivity contribution in [3.63, 3.8) is 0 Å². The van der Waals surface area contributed by atoms with E-state index in [9.17, 15) is 0 Å². The van der Waals surface area contributed by atoms with E-state index in [0.29, 0.717) is 0 Å². The lowest BCUT2D eigenvalue weighted by Crippen LogP contribution is -2.16. The van der Waals surface area contributed by atoms with Gasteiger partial charge in [-0.15, -0.1) is 0 Å². The quantitative estimate of drug-likeness (QED) is 0.771. The molecule has 0 bridgehead atoms. The maximum absolute atomic E-state index is 4.19. The van der Waals surface area contributed by atoms with Crippen LogP contribution in [-0.4, -0.2) is 16.3 Å². The number of hydrogen-bond donors (Lipinski definition) is 1. The van der Waals surface area contributed by atoms with Gasteiger partial charge in [0, 0.05) is 25.5 Å². The number of aryl methyl sites for hydroxylation is 1. The third-order valence-corrected chi connectivity index (χ3v) is 3.66. The Morgan fingerprint density at radius 3 is 2.74 bits per heavy atom. The number of benzene rings is 1. The van der Waals surface area contributed by atoms with Gasteiger partial charge in [0.2, 0.25) is 0 Å². The van der Waals surface area contributed by atoms with Gasteiger partial charge in [0.15, 0.2) is 0 Å². The molecule has 1 aliphatic carbocycles. The van der Waals surface area contributed by atoms with Crippen molar-refractivity contribution in [3.8, 4) is 0 Å². The van der Waals surface area contributed by atoms with Crippen LogP contribution < -0.4 is 5.32 Å². The van der Waals surface area contributed by atoms with E-state index < -0.39 is 0 Å². The molecule has 0 unspecified atom stereocenters. The van der Waals surface area contributed by atoms with Crippen molar-refractivity contribution in [1.29, 1.82) is 0 Å². The van der Waals surface area contributed by atoms with E-state index >= 15 is 0 Å². The molecule has 19 heavy (non-hydrogen) atoms. The van der Waals surface area contributed by atoms with E-state index in [2.05, 4.69) is 34.7 Å². The summed E-state index contributed by atoms with van der Waals surface area (Å²) in [6.07, 6.45) is 7.71. The van der Waals surface area contributed by atoms with E-state index in [4.69, 9.17) is 0 Å². The minimum absolute atomic E-state index is 0.857. The number of nitrogens with one attached hydrogen (secondary N) is 1. The summed E-state index contributed by atoms with van der Waals surface area (Å²) in [5, 5.41) is 7.68. The SMILES string of the molecule is c1cnn(CCCNCc2ccc(C3CC3)cc2)c1. The van der Waals surface area contributed by atoms with E-state index in [0.717, 1.165) is 32.0 Å². The van der Waals surface area contributed by atoms with Gasteiger partial charge in [0.1, 0.15) is 0 Å². The summed E-state index contributed by atoms with van der Waals surface area (Å²) < 4.78 is 1.98. The fourth-order valence-corrected chi connectivity index (χ4v) is 2.36. The first-order valence-electron chi connectivity index (χ1n) is 7.19. The molecule has 1 aliphatic rings. The molecule has 1 saturated carbocycles. The molecule has 0 radical (unpaired) electrons. The highest BCUT2D eigenvalue weighted by atomic mass is 15.3. The Balaban J connectivity index is 1.35. The molecule has 0 saturated heterocycles. The summed E-state index contributed by atoms with van der Waals surface area (Å²) in [7, 11) is 0. The molecule has 0 amide bonds. The van der Waals surface area contributed by atoms with Gasteiger partial charge in [-0.3, -0.25) is 4.68 Å². The van der Waals surface area contributed by atoms with Crippen molar-refractivity contribution < 1.29 is 0 Å². The van der Waals surface area contributed by atoms with Crippen molar-refractivity contribution in [1.82, 2.24) is 15.1 Å². The molecule has 3 rings (SSSR count). The van der Waals surface area contributed by atoms with Crippen LogP contribution in [0.2, 0.25) is 0 Å². The molecule has 0 atom stereocenters. The van der Waals surface area contributed by atoms with Crippen LogP contribution in [0.5, 0.6) is 0 Å². The molecule has 1 fully saturated rings. The molecule has 0 spiro atoms. The fourth-order valence-electron chi connectivity index (χ4n) is 2.36. The normalized spacial score (nSPS) is 14.7. The van der Waals surface area contributed by atoms with Gasteiger partial charge in [-0.05, 0) is 48.9 Å². The highest BCUT2D eigenvalue weighted by molar-refractivity contribution is 5.27. The Morgan fingerprint density at radius 1 is 1.21 bits per heavy atom. The average molecular weight is 255 g/mol. The Labute approximate surface area is 114 Å². The minimum atomic E-state index is 0.857. The lowest BCUT2D eigenvalue weighted by atomic mass is 10.1. The molecule has 3 heteroatoms. The van der Waals surface area contributed by atoms with Gasteiger partial charge in [-0.25, -0.2) is 0 Å². The van der Waals surface area contributed by atoms with Gasteiger partial charge < -0.3 is 5.32 Å². The lowest BCUT2D eigenvalue weighted by molar-refractivity contribution is 0.543. The molecule has 100 valence electrons. The first-order valence-corrected chi connectivity index (χ1v) is 7.19. The summed E-state index contributed by atoms with van der Waals surface area (Å²) >= 11 is 0. The van der Waals surface area contributed by atoms with Crippen molar-refractivity contribution in [2.75, 3.05) is 6.54 Å². The maximum Gasteiger partial charge on any atom is 0.0489 e. The third-order valence-electron chi connectivity index (χ3n) is 3.66. The zero-order valence-electron chi connectivity index (χ0n) is 11.3. The van der Waals surface area contributed by atoms with Gasteiger partial charge in [-0.2, -0.15) is 5.10 Å². The Hall–Kier alpha value is -1.61. The van der Waals surface area contributed by atoms with Crippen molar-refractivity contribution in [2.24, 2.45) is 0 Å². The topological polar surface area (TPSA) is 29.9 Å². The Morgan fingerprint density at radius 2 is 2.05 bits per heavy atom.